The molecule has 1 fully saturated rings. The summed E-state index contributed by atoms with van der Waals surface area (Å²) in [5.74, 6) is -2.55. The Bertz CT molecular complexity index is 496. The molecule has 1 aromatic carbocycles. The number of hydrogen-bond donors (Lipinski definition) is 0. The molecule has 0 spiro atoms. The van der Waals surface area contributed by atoms with Gasteiger partial charge in [0.05, 0.1) is 0 Å². The molecule has 1 saturated carbocycles. The van der Waals surface area contributed by atoms with E-state index in [0.717, 1.165) is 44.2 Å². The van der Waals surface area contributed by atoms with Gasteiger partial charge in [-0.2, -0.15) is 8.78 Å². The molecule has 0 atom stereocenters. The Balaban J connectivity index is 2.06. The minimum absolute atomic E-state index is 0.0656. The molecule has 22 heavy (non-hydrogen) atoms. The summed E-state index contributed by atoms with van der Waals surface area (Å²) in [5, 5.41) is 0. The first-order chi connectivity index (χ1) is 10.5. The fraction of sp³-hybridized carbons (Fsp3) is 0.529. The summed E-state index contributed by atoms with van der Waals surface area (Å²) in [4.78, 5) is 0. The molecule has 0 aromatic heterocycles. The van der Waals surface area contributed by atoms with Gasteiger partial charge in [0, 0.05) is 0 Å². The Hall–Kier alpha value is -1.52. The maximum absolute atomic E-state index is 13.8. The molecule has 5 heteroatoms. The van der Waals surface area contributed by atoms with E-state index in [0.29, 0.717) is 11.5 Å². The van der Waals surface area contributed by atoms with Crippen LogP contribution in [0.15, 0.2) is 24.3 Å². The molecule has 1 aliphatic rings. The summed E-state index contributed by atoms with van der Waals surface area (Å²) in [5.41, 5.74) is 0.523. The number of halogens is 4. The molecule has 0 amide bonds. The summed E-state index contributed by atoms with van der Waals surface area (Å²) in [6, 6.07) is 2.24. The van der Waals surface area contributed by atoms with Crippen molar-refractivity contribution in [3.63, 3.8) is 0 Å². The van der Waals surface area contributed by atoms with Crippen molar-refractivity contribution in [1.82, 2.24) is 0 Å². The van der Waals surface area contributed by atoms with E-state index in [1.165, 1.54) is 0 Å². The average Bonchev–Trinajstić information content (AvgIpc) is 2.49. The zero-order chi connectivity index (χ0) is 16.1. The standard InChI is InChI=1S/C17H20F4O/c1-2-3-4-11-5-7-12(8-6-11)13-9-14(18)16(15(19)10-13)22-17(20)21/h3-4,9-12,17H,2,5-8H2,1H3/b4-3+. The molecular weight excluding hydrogens is 296 g/mol. The first-order valence-corrected chi connectivity index (χ1v) is 7.61. The number of rotatable bonds is 5. The number of allylic oxidation sites excluding steroid dienone is 2. The van der Waals surface area contributed by atoms with Gasteiger partial charge in [-0.3, -0.25) is 0 Å². The van der Waals surface area contributed by atoms with Crippen LogP contribution in [-0.2, 0) is 0 Å². The van der Waals surface area contributed by atoms with E-state index >= 15 is 0 Å². The van der Waals surface area contributed by atoms with E-state index in [9.17, 15) is 17.6 Å². The smallest absolute Gasteiger partial charge is 0.387 e. The molecule has 0 radical (unpaired) electrons. The van der Waals surface area contributed by atoms with Crippen LogP contribution >= 0.6 is 0 Å². The Morgan fingerprint density at radius 1 is 1.14 bits per heavy atom. The van der Waals surface area contributed by atoms with Crippen molar-refractivity contribution in [3.8, 4) is 5.75 Å². The molecule has 0 bridgehead atoms. The lowest BCUT2D eigenvalue weighted by molar-refractivity contribution is -0.0546. The zero-order valence-electron chi connectivity index (χ0n) is 12.5. The molecule has 0 N–H and O–H groups in total. The molecule has 0 aliphatic heterocycles. The number of hydrogen-bond acceptors (Lipinski definition) is 1. The third-order valence-corrected chi connectivity index (χ3v) is 4.11. The molecule has 1 nitrogen and oxygen atoms in total. The van der Waals surface area contributed by atoms with Crippen LogP contribution in [0, 0.1) is 17.6 Å². The highest BCUT2D eigenvalue weighted by Crippen LogP contribution is 2.38. The van der Waals surface area contributed by atoms with E-state index in [1.807, 2.05) is 0 Å². The highest BCUT2D eigenvalue weighted by atomic mass is 19.3. The van der Waals surface area contributed by atoms with Gasteiger partial charge in [0.1, 0.15) is 0 Å². The predicted molar refractivity (Wildman–Crippen MR) is 77.1 cm³/mol. The van der Waals surface area contributed by atoms with Crippen molar-refractivity contribution in [1.29, 1.82) is 0 Å². The van der Waals surface area contributed by atoms with Crippen LogP contribution in [0.25, 0.3) is 0 Å². The molecule has 0 unspecified atom stereocenters. The quantitative estimate of drug-likeness (QED) is 0.492. The lowest BCUT2D eigenvalue weighted by Gasteiger charge is -2.27. The van der Waals surface area contributed by atoms with Crippen LogP contribution < -0.4 is 4.74 Å². The van der Waals surface area contributed by atoms with Gasteiger partial charge in [0.15, 0.2) is 17.4 Å². The second kappa shape index (κ2) is 7.65. The Morgan fingerprint density at radius 3 is 2.23 bits per heavy atom. The largest absolute Gasteiger partial charge is 0.429 e. The van der Waals surface area contributed by atoms with Gasteiger partial charge < -0.3 is 4.74 Å². The van der Waals surface area contributed by atoms with Crippen molar-refractivity contribution < 1.29 is 22.3 Å². The second-order valence-electron chi connectivity index (χ2n) is 5.64. The van der Waals surface area contributed by atoms with Gasteiger partial charge >= 0.3 is 6.61 Å². The van der Waals surface area contributed by atoms with Gasteiger partial charge in [0.25, 0.3) is 0 Å². The summed E-state index contributed by atoms with van der Waals surface area (Å²) in [6.45, 7) is -1.16. The lowest BCUT2D eigenvalue weighted by Crippen LogP contribution is -2.13. The fourth-order valence-electron chi connectivity index (χ4n) is 2.99. The van der Waals surface area contributed by atoms with Crippen molar-refractivity contribution in [2.45, 2.75) is 51.6 Å². The highest BCUT2D eigenvalue weighted by Gasteiger charge is 2.24. The van der Waals surface area contributed by atoms with Gasteiger partial charge in [0.2, 0.25) is 0 Å². The van der Waals surface area contributed by atoms with E-state index in [1.54, 1.807) is 0 Å². The Labute approximate surface area is 128 Å². The molecule has 2 rings (SSSR count). The minimum atomic E-state index is -3.24. The SMILES string of the molecule is CC/C=C/C1CCC(c2cc(F)c(OC(F)F)c(F)c2)CC1. The van der Waals surface area contributed by atoms with E-state index in [4.69, 9.17) is 0 Å². The van der Waals surface area contributed by atoms with Crippen molar-refractivity contribution in [2.75, 3.05) is 0 Å². The predicted octanol–water partition coefficient (Wildman–Crippen LogP) is 5.81. The van der Waals surface area contributed by atoms with Gasteiger partial charge in [-0.15, -0.1) is 0 Å². The van der Waals surface area contributed by atoms with E-state index in [-0.39, 0.29) is 5.92 Å². The lowest BCUT2D eigenvalue weighted by atomic mass is 9.78. The van der Waals surface area contributed by atoms with Crippen LogP contribution in [0.5, 0.6) is 5.75 Å². The van der Waals surface area contributed by atoms with Gasteiger partial charge in [-0.25, -0.2) is 8.78 Å². The molecule has 1 aromatic rings. The van der Waals surface area contributed by atoms with Crippen molar-refractivity contribution >= 4 is 0 Å². The highest BCUT2D eigenvalue weighted by molar-refractivity contribution is 5.33. The van der Waals surface area contributed by atoms with Gasteiger partial charge in [-0.1, -0.05) is 19.1 Å². The molecule has 0 heterocycles. The monoisotopic (exact) mass is 316 g/mol. The number of benzene rings is 1. The van der Waals surface area contributed by atoms with E-state index < -0.39 is 24.0 Å². The first-order valence-electron chi connectivity index (χ1n) is 7.61. The Kier molecular flexibility index (Phi) is 5.86. The molecule has 0 saturated heterocycles. The summed E-state index contributed by atoms with van der Waals surface area (Å²) in [7, 11) is 0. The third kappa shape index (κ3) is 4.24. The number of alkyl halides is 2. The van der Waals surface area contributed by atoms with Crippen LogP contribution in [-0.4, -0.2) is 6.61 Å². The van der Waals surface area contributed by atoms with Crippen LogP contribution in [0.1, 0.15) is 50.5 Å². The maximum Gasteiger partial charge on any atom is 0.387 e. The average molecular weight is 316 g/mol. The van der Waals surface area contributed by atoms with Crippen LogP contribution in [0.3, 0.4) is 0 Å². The summed E-state index contributed by atoms with van der Waals surface area (Å²) in [6.07, 6.45) is 8.97. The maximum atomic E-state index is 13.8. The molecular formula is C17H20F4O. The minimum Gasteiger partial charge on any atom is -0.429 e. The van der Waals surface area contributed by atoms with E-state index in [2.05, 4.69) is 23.8 Å². The first kappa shape index (κ1) is 16.8. The van der Waals surface area contributed by atoms with Crippen molar-refractivity contribution in [2.24, 2.45) is 5.92 Å². The summed E-state index contributed by atoms with van der Waals surface area (Å²) >= 11 is 0. The fourth-order valence-corrected chi connectivity index (χ4v) is 2.99. The number of ether oxygens (including phenoxy) is 1. The Morgan fingerprint density at radius 2 is 1.73 bits per heavy atom. The zero-order valence-corrected chi connectivity index (χ0v) is 12.5. The molecule has 122 valence electrons. The normalized spacial score (nSPS) is 22.5. The topological polar surface area (TPSA) is 9.23 Å². The van der Waals surface area contributed by atoms with Gasteiger partial charge in [-0.05, 0) is 61.6 Å². The van der Waals surface area contributed by atoms with Crippen LogP contribution in [0.4, 0.5) is 17.6 Å². The van der Waals surface area contributed by atoms with Crippen molar-refractivity contribution in [3.05, 3.63) is 41.5 Å². The second-order valence-corrected chi connectivity index (χ2v) is 5.64. The third-order valence-electron chi connectivity index (χ3n) is 4.11. The summed E-state index contributed by atoms with van der Waals surface area (Å²) < 4.78 is 55.6. The van der Waals surface area contributed by atoms with Crippen LogP contribution in [0.2, 0.25) is 0 Å². The molecule has 1 aliphatic carbocycles.